The van der Waals surface area contributed by atoms with Crippen LogP contribution in [-0.2, 0) is 24.3 Å². The second-order valence-corrected chi connectivity index (χ2v) is 8.05. The summed E-state index contributed by atoms with van der Waals surface area (Å²) in [5.74, 6) is -2.55. The number of rotatable bonds is 7. The van der Waals surface area contributed by atoms with Crippen molar-refractivity contribution < 1.29 is 31.9 Å². The van der Waals surface area contributed by atoms with Crippen LogP contribution < -0.4 is 5.32 Å². The molecular weight excluding hydrogens is 379 g/mol. The van der Waals surface area contributed by atoms with E-state index in [-0.39, 0.29) is 37.2 Å². The van der Waals surface area contributed by atoms with Crippen LogP contribution in [-0.4, -0.2) is 63.6 Å². The molecule has 1 aromatic carbocycles. The molecule has 2 rings (SSSR count). The molecule has 1 atom stereocenters. The molecule has 0 bridgehead atoms. The highest BCUT2D eigenvalue weighted by molar-refractivity contribution is 7.89. The molecule has 0 aliphatic carbocycles. The van der Waals surface area contributed by atoms with Crippen molar-refractivity contribution in [3.05, 3.63) is 29.6 Å². The first kappa shape index (κ1) is 21.3. The molecule has 1 heterocycles. The SMILES string of the molecule is CC[C@H](C)NC(=O)COC(=O)c1cc(S(=O)(=O)N2CCOCC2)ccc1F. The van der Waals surface area contributed by atoms with Gasteiger partial charge in [-0.15, -0.1) is 0 Å². The first-order valence-corrected chi connectivity index (χ1v) is 10.0. The van der Waals surface area contributed by atoms with Crippen molar-refractivity contribution >= 4 is 21.9 Å². The quantitative estimate of drug-likeness (QED) is 0.681. The average molecular weight is 402 g/mol. The van der Waals surface area contributed by atoms with Crippen LogP contribution in [0.5, 0.6) is 0 Å². The lowest BCUT2D eigenvalue weighted by Gasteiger charge is -2.26. The summed E-state index contributed by atoms with van der Waals surface area (Å²) in [5.41, 5.74) is -0.541. The predicted octanol–water partition coefficient (Wildman–Crippen LogP) is 0.918. The summed E-state index contributed by atoms with van der Waals surface area (Å²) in [5, 5.41) is 2.61. The topological polar surface area (TPSA) is 102 Å². The van der Waals surface area contributed by atoms with Crippen molar-refractivity contribution in [2.45, 2.75) is 31.2 Å². The van der Waals surface area contributed by atoms with Crippen LogP contribution >= 0.6 is 0 Å². The van der Waals surface area contributed by atoms with Crippen molar-refractivity contribution in [2.24, 2.45) is 0 Å². The smallest absolute Gasteiger partial charge is 0.341 e. The zero-order valence-electron chi connectivity index (χ0n) is 15.2. The number of sulfonamides is 1. The average Bonchev–Trinajstić information content (AvgIpc) is 2.66. The van der Waals surface area contributed by atoms with E-state index in [0.29, 0.717) is 6.42 Å². The van der Waals surface area contributed by atoms with Crippen molar-refractivity contribution in [1.82, 2.24) is 9.62 Å². The normalized spacial score (nSPS) is 16.6. The highest BCUT2D eigenvalue weighted by Crippen LogP contribution is 2.20. The standard InChI is InChI=1S/C17H23FN2O6S/c1-3-12(2)19-16(21)11-26-17(22)14-10-13(4-5-15(14)18)27(23,24)20-6-8-25-9-7-20/h4-5,10,12H,3,6-9,11H2,1-2H3,(H,19,21)/t12-/m0/s1. The van der Waals surface area contributed by atoms with Gasteiger partial charge in [0, 0.05) is 19.1 Å². The lowest BCUT2D eigenvalue weighted by Crippen LogP contribution is -2.40. The molecule has 1 saturated heterocycles. The predicted molar refractivity (Wildman–Crippen MR) is 94.2 cm³/mol. The van der Waals surface area contributed by atoms with E-state index in [4.69, 9.17) is 9.47 Å². The molecule has 0 aromatic heterocycles. The number of hydrogen-bond acceptors (Lipinski definition) is 6. The second-order valence-electron chi connectivity index (χ2n) is 6.11. The van der Waals surface area contributed by atoms with Crippen molar-refractivity contribution in [2.75, 3.05) is 32.9 Å². The van der Waals surface area contributed by atoms with E-state index in [1.807, 2.05) is 6.92 Å². The van der Waals surface area contributed by atoms with Gasteiger partial charge in [-0.3, -0.25) is 4.79 Å². The van der Waals surface area contributed by atoms with Gasteiger partial charge in [0.2, 0.25) is 10.0 Å². The Hall–Kier alpha value is -2.04. The maximum atomic E-state index is 14.0. The fourth-order valence-corrected chi connectivity index (χ4v) is 3.82. The van der Waals surface area contributed by atoms with Crippen molar-refractivity contribution in [3.63, 3.8) is 0 Å². The Bertz CT molecular complexity index is 793. The molecule has 0 spiro atoms. The number of morpholine rings is 1. The third-order valence-corrected chi connectivity index (χ3v) is 6.01. The summed E-state index contributed by atoms with van der Waals surface area (Å²) in [4.78, 5) is 23.6. The Labute approximate surface area is 157 Å². The van der Waals surface area contributed by atoms with E-state index in [9.17, 15) is 22.4 Å². The van der Waals surface area contributed by atoms with Crippen LogP contribution in [0.2, 0.25) is 0 Å². The Morgan fingerprint density at radius 1 is 1.33 bits per heavy atom. The van der Waals surface area contributed by atoms with Crippen LogP contribution in [0.25, 0.3) is 0 Å². The van der Waals surface area contributed by atoms with E-state index >= 15 is 0 Å². The third-order valence-electron chi connectivity index (χ3n) is 4.12. The number of ether oxygens (including phenoxy) is 2. The number of benzene rings is 1. The summed E-state index contributed by atoms with van der Waals surface area (Å²) >= 11 is 0. The monoisotopic (exact) mass is 402 g/mol. The molecule has 1 fully saturated rings. The van der Waals surface area contributed by atoms with Crippen LogP contribution in [0.3, 0.4) is 0 Å². The molecule has 8 nitrogen and oxygen atoms in total. The summed E-state index contributed by atoms with van der Waals surface area (Å²) in [7, 11) is -3.89. The lowest BCUT2D eigenvalue weighted by molar-refractivity contribution is -0.124. The molecular formula is C17H23FN2O6S. The molecule has 150 valence electrons. The molecule has 27 heavy (non-hydrogen) atoms. The highest BCUT2D eigenvalue weighted by Gasteiger charge is 2.28. The first-order valence-electron chi connectivity index (χ1n) is 8.59. The van der Waals surface area contributed by atoms with Crippen LogP contribution in [0.4, 0.5) is 4.39 Å². The number of nitrogens with one attached hydrogen (secondary N) is 1. The molecule has 0 unspecified atom stereocenters. The fraction of sp³-hybridized carbons (Fsp3) is 0.529. The summed E-state index contributed by atoms with van der Waals surface area (Å²) in [6, 6.07) is 2.82. The molecule has 1 aliphatic heterocycles. The van der Waals surface area contributed by atoms with Gasteiger partial charge in [0.1, 0.15) is 5.82 Å². The second kappa shape index (κ2) is 9.25. The number of carbonyl (C=O) groups excluding carboxylic acids is 2. The van der Waals surface area contributed by atoms with Gasteiger partial charge in [0.05, 0.1) is 23.7 Å². The van der Waals surface area contributed by atoms with E-state index in [0.717, 1.165) is 18.2 Å². The molecule has 0 radical (unpaired) electrons. The Balaban J connectivity index is 2.12. The van der Waals surface area contributed by atoms with Gasteiger partial charge in [-0.05, 0) is 31.5 Å². The summed E-state index contributed by atoms with van der Waals surface area (Å²) in [6.07, 6.45) is 0.704. The van der Waals surface area contributed by atoms with Gasteiger partial charge in [-0.25, -0.2) is 17.6 Å². The van der Waals surface area contributed by atoms with Gasteiger partial charge in [0.15, 0.2) is 6.61 Å². The number of carbonyl (C=O) groups is 2. The molecule has 1 N–H and O–H groups in total. The zero-order chi connectivity index (χ0) is 20.0. The van der Waals surface area contributed by atoms with Gasteiger partial charge in [0.25, 0.3) is 5.91 Å². The third kappa shape index (κ3) is 5.47. The highest BCUT2D eigenvalue weighted by atomic mass is 32.2. The number of hydrogen-bond donors (Lipinski definition) is 1. The van der Waals surface area contributed by atoms with E-state index < -0.39 is 39.9 Å². The van der Waals surface area contributed by atoms with Crippen molar-refractivity contribution in [1.29, 1.82) is 0 Å². The van der Waals surface area contributed by atoms with Crippen LogP contribution in [0, 0.1) is 5.82 Å². The largest absolute Gasteiger partial charge is 0.452 e. The zero-order valence-corrected chi connectivity index (χ0v) is 16.1. The molecule has 1 aliphatic rings. The van der Waals surface area contributed by atoms with Crippen molar-refractivity contribution in [3.8, 4) is 0 Å². The molecule has 10 heteroatoms. The Morgan fingerprint density at radius 3 is 2.63 bits per heavy atom. The minimum Gasteiger partial charge on any atom is -0.452 e. The summed E-state index contributed by atoms with van der Waals surface area (Å²) in [6.45, 7) is 3.97. The summed E-state index contributed by atoms with van der Waals surface area (Å²) < 4.78 is 50.4. The van der Waals surface area contributed by atoms with Gasteiger partial charge in [-0.2, -0.15) is 4.31 Å². The van der Waals surface area contributed by atoms with Crippen LogP contribution in [0.15, 0.2) is 23.1 Å². The van der Waals surface area contributed by atoms with Gasteiger partial charge in [-0.1, -0.05) is 6.92 Å². The number of halogens is 1. The molecule has 1 amide bonds. The minimum atomic E-state index is -3.89. The van der Waals surface area contributed by atoms with Gasteiger partial charge < -0.3 is 14.8 Å². The van der Waals surface area contributed by atoms with E-state index in [1.165, 1.54) is 4.31 Å². The Kier molecular flexibility index (Phi) is 7.28. The number of esters is 1. The van der Waals surface area contributed by atoms with Gasteiger partial charge >= 0.3 is 5.97 Å². The van der Waals surface area contributed by atoms with E-state index in [1.54, 1.807) is 6.92 Å². The Morgan fingerprint density at radius 2 is 2.00 bits per heavy atom. The van der Waals surface area contributed by atoms with E-state index in [2.05, 4.69) is 5.32 Å². The minimum absolute atomic E-state index is 0.0880. The lowest BCUT2D eigenvalue weighted by atomic mass is 10.2. The first-order chi connectivity index (χ1) is 12.8. The maximum Gasteiger partial charge on any atom is 0.341 e. The maximum absolute atomic E-state index is 14.0. The fourth-order valence-electron chi connectivity index (χ4n) is 2.38. The van der Waals surface area contributed by atoms with Crippen LogP contribution in [0.1, 0.15) is 30.6 Å². The number of amides is 1. The molecule has 0 saturated carbocycles. The number of nitrogens with zero attached hydrogens (tertiary/aromatic N) is 1. The molecule has 1 aromatic rings.